The molecule has 0 atom stereocenters. The Balaban J connectivity index is 1.66. The summed E-state index contributed by atoms with van der Waals surface area (Å²) in [5.41, 5.74) is 4.46. The fraction of sp³-hybridized carbons (Fsp3) is 0.0714. The average Bonchev–Trinajstić information content (AvgIpc) is 3.05. The van der Waals surface area contributed by atoms with E-state index in [-0.39, 0.29) is 11.6 Å². The largest absolute Gasteiger partial charge is 0.350 e. The highest BCUT2D eigenvalue weighted by atomic mass is 35.5. The quantitative estimate of drug-likeness (QED) is 0.359. The number of anilines is 2. The van der Waals surface area contributed by atoms with Crippen molar-refractivity contribution in [2.75, 3.05) is 10.2 Å². The van der Waals surface area contributed by atoms with Crippen molar-refractivity contribution >= 4 is 51.1 Å². The molecule has 2 amide bonds. The van der Waals surface area contributed by atoms with Crippen LogP contribution in [0.5, 0.6) is 0 Å². The van der Waals surface area contributed by atoms with Gasteiger partial charge in [-0.2, -0.15) is 0 Å². The molecule has 1 heterocycles. The van der Waals surface area contributed by atoms with Gasteiger partial charge >= 0.3 is 0 Å². The summed E-state index contributed by atoms with van der Waals surface area (Å²) in [6, 6.07) is 26.4. The van der Waals surface area contributed by atoms with Gasteiger partial charge in [-0.25, -0.2) is 4.90 Å². The summed E-state index contributed by atoms with van der Waals surface area (Å²) in [5.74, 6) is -0.760. The molecule has 0 saturated heterocycles. The number of aryl methyl sites for hydroxylation is 2. The van der Waals surface area contributed by atoms with Gasteiger partial charge in [-0.05, 0) is 48.6 Å². The van der Waals surface area contributed by atoms with Crippen molar-refractivity contribution in [2.45, 2.75) is 13.8 Å². The summed E-state index contributed by atoms with van der Waals surface area (Å²) in [4.78, 5) is 28.7. The highest BCUT2D eigenvalue weighted by molar-refractivity contribution is 6.47. The van der Waals surface area contributed by atoms with Crippen molar-refractivity contribution in [1.29, 1.82) is 0 Å². The topological polar surface area (TPSA) is 49.4 Å². The maximum absolute atomic E-state index is 13.7. The van der Waals surface area contributed by atoms with Crippen LogP contribution < -0.4 is 10.2 Å². The molecule has 1 aliphatic heterocycles. The Morgan fingerprint density at radius 2 is 1.52 bits per heavy atom. The molecule has 162 valence electrons. The first-order valence-electron chi connectivity index (χ1n) is 10.6. The van der Waals surface area contributed by atoms with E-state index < -0.39 is 5.91 Å². The minimum Gasteiger partial charge on any atom is -0.350 e. The molecule has 0 unspecified atom stereocenters. The van der Waals surface area contributed by atoms with E-state index in [1.165, 1.54) is 4.90 Å². The van der Waals surface area contributed by atoms with Gasteiger partial charge in [0.15, 0.2) is 0 Å². The third kappa shape index (κ3) is 3.69. The van der Waals surface area contributed by atoms with Gasteiger partial charge in [0.25, 0.3) is 11.8 Å². The van der Waals surface area contributed by atoms with Gasteiger partial charge in [-0.1, -0.05) is 83.9 Å². The number of hydrogen-bond acceptors (Lipinski definition) is 3. The van der Waals surface area contributed by atoms with Gasteiger partial charge in [-0.3, -0.25) is 9.59 Å². The number of fused-ring (bicyclic) bond motifs is 1. The van der Waals surface area contributed by atoms with E-state index in [1.807, 2.05) is 86.6 Å². The molecule has 4 aromatic rings. The third-order valence-electron chi connectivity index (χ3n) is 5.87. The average molecular weight is 453 g/mol. The zero-order chi connectivity index (χ0) is 23.1. The van der Waals surface area contributed by atoms with E-state index in [4.69, 9.17) is 11.6 Å². The highest BCUT2D eigenvalue weighted by Crippen LogP contribution is 2.37. The minimum absolute atomic E-state index is 0.233. The Morgan fingerprint density at radius 1 is 0.788 bits per heavy atom. The maximum atomic E-state index is 13.7. The molecule has 0 bridgehead atoms. The Labute approximate surface area is 197 Å². The van der Waals surface area contributed by atoms with Crippen molar-refractivity contribution < 1.29 is 9.59 Å². The molecule has 4 nitrogen and oxygen atoms in total. The fourth-order valence-electron chi connectivity index (χ4n) is 4.07. The first kappa shape index (κ1) is 21.0. The normalized spacial score (nSPS) is 13.8. The SMILES string of the molecule is Cc1ccc(C2=C(Nc3ccc(C)c(Cl)c3)C(=O)N(c3cccc4ccccc34)C2=O)cc1. The third-order valence-corrected chi connectivity index (χ3v) is 6.28. The van der Waals surface area contributed by atoms with Crippen LogP contribution in [0.15, 0.2) is 90.6 Å². The number of nitrogens with zero attached hydrogens (tertiary/aromatic N) is 1. The predicted octanol–water partition coefficient (Wildman–Crippen LogP) is 6.51. The minimum atomic E-state index is -0.399. The Bertz CT molecular complexity index is 1450. The van der Waals surface area contributed by atoms with E-state index in [9.17, 15) is 9.59 Å². The molecule has 0 radical (unpaired) electrons. The second-order valence-corrected chi connectivity index (χ2v) is 8.56. The molecule has 1 aliphatic rings. The lowest BCUT2D eigenvalue weighted by molar-refractivity contribution is -0.120. The Hall–Kier alpha value is -3.89. The molecular formula is C28H21ClN2O2. The van der Waals surface area contributed by atoms with E-state index in [0.717, 1.165) is 21.9 Å². The van der Waals surface area contributed by atoms with E-state index in [1.54, 1.807) is 12.1 Å². The Morgan fingerprint density at radius 3 is 2.27 bits per heavy atom. The van der Waals surface area contributed by atoms with Crippen molar-refractivity contribution in [1.82, 2.24) is 0 Å². The lowest BCUT2D eigenvalue weighted by atomic mass is 10.0. The van der Waals surface area contributed by atoms with Gasteiger partial charge < -0.3 is 5.32 Å². The number of nitrogens with one attached hydrogen (secondary N) is 1. The molecule has 0 aromatic heterocycles. The lowest BCUT2D eigenvalue weighted by Gasteiger charge is -2.18. The van der Waals surface area contributed by atoms with Gasteiger partial charge in [0.05, 0.1) is 11.3 Å². The van der Waals surface area contributed by atoms with E-state index >= 15 is 0 Å². The van der Waals surface area contributed by atoms with Crippen molar-refractivity contribution in [3.8, 4) is 0 Å². The number of halogens is 1. The zero-order valence-corrected chi connectivity index (χ0v) is 19.0. The number of rotatable bonds is 4. The lowest BCUT2D eigenvalue weighted by Crippen LogP contribution is -2.32. The van der Waals surface area contributed by atoms with Crippen LogP contribution in [0.2, 0.25) is 5.02 Å². The number of hydrogen-bond donors (Lipinski definition) is 1. The summed E-state index contributed by atoms with van der Waals surface area (Å²) < 4.78 is 0. The first-order chi connectivity index (χ1) is 15.9. The van der Waals surface area contributed by atoms with Crippen molar-refractivity contribution in [2.24, 2.45) is 0 Å². The summed E-state index contributed by atoms with van der Waals surface area (Å²) in [6.07, 6.45) is 0. The van der Waals surface area contributed by atoms with Gasteiger partial charge in [0.1, 0.15) is 5.70 Å². The van der Waals surface area contributed by atoms with Crippen LogP contribution in [0.1, 0.15) is 16.7 Å². The van der Waals surface area contributed by atoms with Crippen LogP contribution in [0.4, 0.5) is 11.4 Å². The number of benzene rings is 4. The summed E-state index contributed by atoms with van der Waals surface area (Å²) in [7, 11) is 0. The van der Waals surface area contributed by atoms with Crippen LogP contribution in [-0.4, -0.2) is 11.8 Å². The van der Waals surface area contributed by atoms with Gasteiger partial charge in [-0.15, -0.1) is 0 Å². The number of carbonyl (C=O) groups excluding carboxylic acids is 2. The van der Waals surface area contributed by atoms with Gasteiger partial charge in [0, 0.05) is 16.1 Å². The Kier molecular flexibility index (Phi) is 5.23. The zero-order valence-electron chi connectivity index (χ0n) is 18.2. The summed E-state index contributed by atoms with van der Waals surface area (Å²) in [6.45, 7) is 3.89. The molecule has 1 N–H and O–H groups in total. The monoisotopic (exact) mass is 452 g/mol. The molecule has 33 heavy (non-hydrogen) atoms. The maximum Gasteiger partial charge on any atom is 0.282 e. The second kappa shape index (κ2) is 8.23. The van der Waals surface area contributed by atoms with Crippen LogP contribution >= 0.6 is 11.6 Å². The molecule has 0 spiro atoms. The smallest absolute Gasteiger partial charge is 0.282 e. The molecular weight excluding hydrogens is 432 g/mol. The van der Waals surface area contributed by atoms with Crippen molar-refractivity contribution in [3.05, 3.63) is 112 Å². The molecule has 0 saturated carbocycles. The van der Waals surface area contributed by atoms with Crippen LogP contribution in [0, 0.1) is 13.8 Å². The van der Waals surface area contributed by atoms with E-state index in [2.05, 4.69) is 5.32 Å². The number of amides is 2. The molecule has 5 rings (SSSR count). The number of carbonyl (C=O) groups is 2. The fourth-order valence-corrected chi connectivity index (χ4v) is 4.25. The molecule has 5 heteroatoms. The van der Waals surface area contributed by atoms with Crippen LogP contribution in [0.25, 0.3) is 16.3 Å². The number of imide groups is 1. The van der Waals surface area contributed by atoms with Crippen LogP contribution in [0.3, 0.4) is 0 Å². The molecule has 4 aromatic carbocycles. The first-order valence-corrected chi connectivity index (χ1v) is 11.0. The predicted molar refractivity (Wildman–Crippen MR) is 134 cm³/mol. The molecule has 0 aliphatic carbocycles. The van der Waals surface area contributed by atoms with Crippen LogP contribution in [-0.2, 0) is 9.59 Å². The summed E-state index contributed by atoms with van der Waals surface area (Å²) in [5, 5.41) is 5.56. The molecule has 0 fully saturated rings. The second-order valence-electron chi connectivity index (χ2n) is 8.15. The van der Waals surface area contributed by atoms with E-state index in [0.29, 0.717) is 27.5 Å². The van der Waals surface area contributed by atoms with Gasteiger partial charge in [0.2, 0.25) is 0 Å². The standard InChI is InChI=1S/C28H21ClN2O2/c1-17-10-13-20(14-11-17)25-26(30-21-15-12-18(2)23(29)16-21)28(33)31(27(25)32)24-9-5-7-19-6-3-4-8-22(19)24/h3-16,30H,1-2H3. The van der Waals surface area contributed by atoms with Crippen molar-refractivity contribution in [3.63, 3.8) is 0 Å². The summed E-state index contributed by atoms with van der Waals surface area (Å²) >= 11 is 6.31. The highest BCUT2D eigenvalue weighted by Gasteiger charge is 2.40.